The number of amides is 3. The quantitative estimate of drug-likeness (QED) is 0.484. The molecule has 9 heteroatoms. The maximum Gasteiger partial charge on any atom is 0.248 e. The van der Waals surface area contributed by atoms with Gasteiger partial charge in [-0.2, -0.15) is 0 Å². The Hall–Kier alpha value is -2.55. The van der Waals surface area contributed by atoms with Crippen LogP contribution in [0.5, 0.6) is 0 Å². The van der Waals surface area contributed by atoms with Gasteiger partial charge in [0, 0.05) is 10.9 Å². The lowest BCUT2D eigenvalue weighted by Gasteiger charge is -2.38. The van der Waals surface area contributed by atoms with Crippen molar-refractivity contribution in [3.05, 3.63) is 59.1 Å². The van der Waals surface area contributed by atoms with E-state index in [2.05, 4.69) is 10.6 Å². The summed E-state index contributed by atoms with van der Waals surface area (Å²) in [4.78, 5) is 43.4. The molecule has 6 atom stereocenters. The lowest BCUT2D eigenvalue weighted by Crippen LogP contribution is -2.56. The minimum Gasteiger partial charge on any atom is -0.394 e. The van der Waals surface area contributed by atoms with Crippen molar-refractivity contribution in [2.75, 3.05) is 17.2 Å². The third-order valence-electron chi connectivity index (χ3n) is 8.11. The molecule has 3 amide bonds. The van der Waals surface area contributed by atoms with Gasteiger partial charge in [0.1, 0.15) is 6.04 Å². The van der Waals surface area contributed by atoms with E-state index >= 15 is 0 Å². The number of nitrogens with zero attached hydrogens (tertiary/aromatic N) is 1. The lowest BCUT2D eigenvalue weighted by molar-refractivity contribution is -0.142. The van der Waals surface area contributed by atoms with Gasteiger partial charge < -0.3 is 20.6 Å². The summed E-state index contributed by atoms with van der Waals surface area (Å²) in [6, 6.07) is 13.2. The molecule has 2 unspecified atom stereocenters. The highest BCUT2D eigenvalue weighted by Crippen LogP contribution is 2.67. The molecule has 5 rings (SSSR count). The fourth-order valence-corrected chi connectivity index (χ4v) is 8.87. The number of anilines is 2. The van der Waals surface area contributed by atoms with Gasteiger partial charge in [0.2, 0.25) is 17.7 Å². The highest BCUT2D eigenvalue weighted by atomic mass is 35.5. The number of likely N-dealkylation sites (tertiary alicyclic amines) is 1. The van der Waals surface area contributed by atoms with Crippen LogP contribution in [0.25, 0.3) is 0 Å². The minimum absolute atomic E-state index is 0.0520. The number of fused-ring (bicyclic) bond motifs is 1. The maximum absolute atomic E-state index is 14.2. The van der Waals surface area contributed by atoms with E-state index in [0.29, 0.717) is 22.8 Å². The fraction of sp³-hybridized carbons (Fsp3) is 0.464. The zero-order chi connectivity index (χ0) is 26.5. The number of nitrogens with one attached hydrogen (secondary N) is 2. The summed E-state index contributed by atoms with van der Waals surface area (Å²) in [5.41, 5.74) is 2.01. The second kappa shape index (κ2) is 9.97. The number of aryl methyl sites for hydroxylation is 1. The molecule has 0 aromatic heterocycles. The van der Waals surface area contributed by atoms with E-state index < -0.39 is 28.7 Å². The number of carbonyl (C=O) groups excluding carboxylic acids is 3. The number of hydrogen-bond acceptors (Lipinski definition) is 5. The molecule has 1 spiro atoms. The Morgan fingerprint density at radius 1 is 1.14 bits per heavy atom. The third kappa shape index (κ3) is 4.23. The second-order valence-electron chi connectivity index (χ2n) is 10.6. The molecule has 3 heterocycles. The molecule has 0 radical (unpaired) electrons. The average Bonchev–Trinajstić information content (AvgIpc) is 3.50. The van der Waals surface area contributed by atoms with E-state index in [1.165, 1.54) is 0 Å². The Morgan fingerprint density at radius 2 is 1.86 bits per heavy atom. The van der Waals surface area contributed by atoms with Gasteiger partial charge in [-0.3, -0.25) is 14.4 Å². The predicted octanol–water partition coefficient (Wildman–Crippen LogP) is 4.33. The van der Waals surface area contributed by atoms with Crippen LogP contribution < -0.4 is 10.6 Å². The average molecular weight is 542 g/mol. The molecular weight excluding hydrogens is 510 g/mol. The van der Waals surface area contributed by atoms with Crippen molar-refractivity contribution in [2.24, 2.45) is 17.8 Å². The summed E-state index contributed by atoms with van der Waals surface area (Å²) in [6.07, 6.45) is 1.40. The molecule has 3 aliphatic rings. The van der Waals surface area contributed by atoms with Crippen molar-refractivity contribution in [1.29, 1.82) is 0 Å². The first-order valence-corrected chi connectivity index (χ1v) is 14.0. The molecule has 7 nitrogen and oxygen atoms in total. The Bertz CT molecular complexity index is 1200. The number of carbonyl (C=O) groups is 3. The molecule has 3 saturated heterocycles. The minimum atomic E-state index is -0.829. The van der Waals surface area contributed by atoms with Gasteiger partial charge in [-0.15, -0.1) is 11.8 Å². The summed E-state index contributed by atoms with van der Waals surface area (Å²) in [5.74, 6) is -2.04. The second-order valence-corrected chi connectivity index (χ2v) is 12.6. The Kier molecular flexibility index (Phi) is 7.02. The number of thioether (sulfide) groups is 1. The molecule has 3 N–H and O–H groups in total. The van der Waals surface area contributed by atoms with Crippen LogP contribution in [-0.2, 0) is 14.4 Å². The number of benzene rings is 2. The van der Waals surface area contributed by atoms with Crippen molar-refractivity contribution < 1.29 is 19.5 Å². The van der Waals surface area contributed by atoms with Crippen molar-refractivity contribution in [3.8, 4) is 0 Å². The molecule has 2 aromatic carbocycles. The molecule has 0 saturated carbocycles. The first-order chi connectivity index (χ1) is 17.7. The first-order valence-electron chi connectivity index (χ1n) is 12.7. The van der Waals surface area contributed by atoms with Crippen molar-refractivity contribution in [2.45, 2.75) is 55.7 Å². The van der Waals surface area contributed by atoms with Gasteiger partial charge in [0.15, 0.2) is 0 Å². The highest BCUT2D eigenvalue weighted by Gasteiger charge is 2.74. The summed E-state index contributed by atoms with van der Waals surface area (Å²) in [5, 5.41) is 16.7. The highest BCUT2D eigenvalue weighted by molar-refractivity contribution is 8.02. The largest absolute Gasteiger partial charge is 0.394 e. The van der Waals surface area contributed by atoms with Crippen LogP contribution in [0.1, 0.15) is 32.3 Å². The van der Waals surface area contributed by atoms with E-state index in [0.717, 1.165) is 12.0 Å². The van der Waals surface area contributed by atoms with Crippen LogP contribution in [0.4, 0.5) is 11.4 Å². The van der Waals surface area contributed by atoms with Gasteiger partial charge in [-0.05, 0) is 49.4 Å². The van der Waals surface area contributed by atoms with Gasteiger partial charge in [0.05, 0.1) is 39.9 Å². The zero-order valence-corrected chi connectivity index (χ0v) is 22.7. The van der Waals surface area contributed by atoms with Crippen LogP contribution in [0.15, 0.2) is 48.5 Å². The van der Waals surface area contributed by atoms with Crippen LogP contribution >= 0.6 is 23.4 Å². The number of aliphatic hydroxyl groups is 1. The van der Waals surface area contributed by atoms with Crippen molar-refractivity contribution in [1.82, 2.24) is 4.90 Å². The lowest BCUT2D eigenvalue weighted by atomic mass is 9.70. The number of aliphatic hydroxyl groups excluding tert-OH is 1. The fourth-order valence-electron chi connectivity index (χ4n) is 6.40. The predicted molar refractivity (Wildman–Crippen MR) is 147 cm³/mol. The number of rotatable bonds is 7. The van der Waals surface area contributed by atoms with E-state index in [-0.39, 0.29) is 35.5 Å². The van der Waals surface area contributed by atoms with E-state index in [1.54, 1.807) is 22.7 Å². The van der Waals surface area contributed by atoms with E-state index in [1.807, 2.05) is 63.2 Å². The summed E-state index contributed by atoms with van der Waals surface area (Å²) in [6.45, 7) is 5.45. The Labute approximate surface area is 226 Å². The van der Waals surface area contributed by atoms with Crippen molar-refractivity contribution >= 4 is 52.5 Å². The topological polar surface area (TPSA) is 98.7 Å². The van der Waals surface area contributed by atoms with Crippen LogP contribution in [-0.4, -0.2) is 56.4 Å². The van der Waals surface area contributed by atoms with Crippen LogP contribution in [0.2, 0.25) is 5.02 Å². The van der Waals surface area contributed by atoms with E-state index in [4.69, 9.17) is 11.6 Å². The molecule has 3 fully saturated rings. The first kappa shape index (κ1) is 26.1. The summed E-state index contributed by atoms with van der Waals surface area (Å²) in [7, 11) is 0. The zero-order valence-electron chi connectivity index (χ0n) is 21.1. The summed E-state index contributed by atoms with van der Waals surface area (Å²) < 4.78 is -0.748. The maximum atomic E-state index is 14.2. The Morgan fingerprint density at radius 3 is 2.51 bits per heavy atom. The summed E-state index contributed by atoms with van der Waals surface area (Å²) >= 11 is 8.02. The van der Waals surface area contributed by atoms with Gasteiger partial charge in [-0.1, -0.05) is 55.8 Å². The van der Waals surface area contributed by atoms with Gasteiger partial charge >= 0.3 is 0 Å². The monoisotopic (exact) mass is 541 g/mol. The standard InChI is InChI=1S/C28H32ClN3O4S/c1-15(2)19(14-33)32-24(26(35)31-23-16(3)8-7-11-18(23)29)28-13-12-20(37-28)21(22(28)27(32)36)25(34)30-17-9-5-4-6-10-17/h4-11,15,19-22,24,33H,12-14H2,1-3H3,(H,30,34)(H,31,35)/t19-,20-,21+,22-,24?,28?/m0/s1. The number of hydrogen-bond donors (Lipinski definition) is 3. The molecule has 2 aromatic rings. The molecule has 0 aliphatic carbocycles. The number of halogens is 1. The third-order valence-corrected chi connectivity index (χ3v) is 10.4. The molecule has 196 valence electrons. The Balaban J connectivity index is 1.53. The molecule has 37 heavy (non-hydrogen) atoms. The van der Waals surface area contributed by atoms with Crippen LogP contribution in [0.3, 0.4) is 0 Å². The molecule has 2 bridgehead atoms. The normalized spacial score (nSPS) is 28.9. The smallest absolute Gasteiger partial charge is 0.248 e. The molecule has 3 aliphatic heterocycles. The van der Waals surface area contributed by atoms with Crippen molar-refractivity contribution in [3.63, 3.8) is 0 Å². The van der Waals surface area contributed by atoms with Gasteiger partial charge in [-0.25, -0.2) is 0 Å². The molecular formula is C28H32ClN3O4S. The van der Waals surface area contributed by atoms with Gasteiger partial charge in [0.25, 0.3) is 0 Å². The number of para-hydroxylation sites is 2. The van der Waals surface area contributed by atoms with Crippen LogP contribution in [0, 0.1) is 24.7 Å². The SMILES string of the molecule is Cc1cccc(Cl)c1NC(=O)C1N([C@@H](CO)C(C)C)C(=O)[C@@H]2[C@H](C(=O)Nc3ccccc3)[C@@H]3CCC12S3. The van der Waals surface area contributed by atoms with E-state index in [9.17, 15) is 19.5 Å².